The molecule has 1 aliphatic heterocycles. The van der Waals surface area contributed by atoms with E-state index in [0.29, 0.717) is 5.75 Å². The molecule has 1 saturated heterocycles. The quantitative estimate of drug-likeness (QED) is 0.802. The van der Waals surface area contributed by atoms with Crippen molar-refractivity contribution in [2.45, 2.75) is 26.0 Å². The van der Waals surface area contributed by atoms with Crippen molar-refractivity contribution in [3.8, 4) is 0 Å². The fraction of sp³-hybridized carbons (Fsp3) is 0.500. The summed E-state index contributed by atoms with van der Waals surface area (Å²) in [6.45, 7) is 0.482. The summed E-state index contributed by atoms with van der Waals surface area (Å²) >= 11 is 0. The summed E-state index contributed by atoms with van der Waals surface area (Å²) in [5, 5.41) is 0. The lowest BCUT2D eigenvalue weighted by Gasteiger charge is -2.19. The molecular weight excluding hydrogens is 269 g/mol. The first-order chi connectivity index (χ1) is 8.50. The van der Waals surface area contributed by atoms with E-state index in [4.69, 9.17) is 4.52 Å². The summed E-state index contributed by atoms with van der Waals surface area (Å²) in [5.41, 5.74) is 0.975. The summed E-state index contributed by atoms with van der Waals surface area (Å²) < 4.78 is 32.0. The van der Waals surface area contributed by atoms with Crippen LogP contribution in [0, 0.1) is 0 Å². The van der Waals surface area contributed by atoms with E-state index < -0.39 is 17.1 Å². The van der Waals surface area contributed by atoms with Crippen molar-refractivity contribution < 1.29 is 13.3 Å². The van der Waals surface area contributed by atoms with Gasteiger partial charge in [-0.05, 0) is 19.5 Å². The predicted octanol–water partition coefficient (Wildman–Crippen LogP) is 2.95. The third kappa shape index (κ3) is 2.21. The van der Waals surface area contributed by atoms with Crippen LogP contribution in [-0.4, -0.2) is 27.7 Å². The average molecular weight is 287 g/mol. The highest BCUT2D eigenvalue weighted by atomic mass is 32.8. The highest BCUT2D eigenvalue weighted by Gasteiger charge is 2.50. The van der Waals surface area contributed by atoms with E-state index in [9.17, 15) is 8.77 Å². The van der Waals surface area contributed by atoms with E-state index in [2.05, 4.69) is 0 Å². The number of nitrogens with zero attached hydrogens (tertiary/aromatic N) is 1. The fourth-order valence-electron chi connectivity index (χ4n) is 2.06. The largest absolute Gasteiger partial charge is 0.359 e. The Morgan fingerprint density at radius 1 is 1.39 bits per heavy atom. The molecule has 0 radical (unpaired) electrons. The molecule has 4 nitrogen and oxygen atoms in total. The van der Waals surface area contributed by atoms with Crippen LogP contribution in [0.4, 0.5) is 0 Å². The molecule has 0 spiro atoms. The summed E-state index contributed by atoms with van der Waals surface area (Å²) in [7, 11) is 0.270. The van der Waals surface area contributed by atoms with Gasteiger partial charge in [-0.2, -0.15) is 0 Å². The van der Waals surface area contributed by atoms with E-state index in [1.54, 1.807) is 18.6 Å². The molecule has 0 saturated carbocycles. The van der Waals surface area contributed by atoms with E-state index in [0.717, 1.165) is 5.56 Å². The van der Waals surface area contributed by atoms with Gasteiger partial charge in [-0.15, -0.1) is 0 Å². The molecule has 100 valence electrons. The van der Waals surface area contributed by atoms with Crippen LogP contribution >= 0.6 is 6.72 Å². The van der Waals surface area contributed by atoms with Crippen LogP contribution in [0.1, 0.15) is 25.5 Å². The SMILES string of the molecule is CC[S@](=O)P1(=O)O[C@H](c2ccccc2)[C@H](C)N1C. The van der Waals surface area contributed by atoms with E-state index in [1.165, 1.54) is 0 Å². The Balaban J connectivity index is 2.34. The maximum absolute atomic E-state index is 12.7. The Hall–Kier alpha value is -0.480. The lowest BCUT2D eigenvalue weighted by Crippen LogP contribution is -2.24. The van der Waals surface area contributed by atoms with Crippen LogP contribution in [0.3, 0.4) is 0 Å². The lowest BCUT2D eigenvalue weighted by molar-refractivity contribution is 0.213. The normalized spacial score (nSPS) is 34.6. The molecule has 2 rings (SSSR count). The molecule has 1 aromatic rings. The molecular formula is C12H18NO3PS. The second kappa shape index (κ2) is 5.25. The molecule has 4 atom stereocenters. The first-order valence-corrected chi connectivity index (χ1v) is 9.46. The maximum Gasteiger partial charge on any atom is 0.359 e. The van der Waals surface area contributed by atoms with E-state index in [1.807, 2.05) is 37.3 Å². The summed E-state index contributed by atoms with van der Waals surface area (Å²) in [6, 6.07) is 9.61. The number of rotatable bonds is 3. The van der Waals surface area contributed by atoms with Gasteiger partial charge in [0.2, 0.25) is 0 Å². The molecule has 1 heterocycles. The molecule has 1 unspecified atom stereocenters. The van der Waals surface area contributed by atoms with Crippen molar-refractivity contribution in [3.05, 3.63) is 35.9 Å². The van der Waals surface area contributed by atoms with Gasteiger partial charge in [0.1, 0.15) is 16.5 Å². The molecule has 1 aliphatic rings. The Labute approximate surface area is 110 Å². The van der Waals surface area contributed by atoms with Crippen LogP contribution in [0.2, 0.25) is 0 Å². The lowest BCUT2D eigenvalue weighted by atomic mass is 10.0. The standard InChI is InChI=1S/C12H18NO3PS/c1-4-18(15)17(14)13(3)10(2)12(16-17)11-8-6-5-7-9-11/h5-10,12H,4H2,1-3H3/t10-,12-,17?,18+/m0/s1. The van der Waals surface area contributed by atoms with Crippen LogP contribution in [0.5, 0.6) is 0 Å². The topological polar surface area (TPSA) is 46.6 Å². The molecule has 0 bridgehead atoms. The summed E-state index contributed by atoms with van der Waals surface area (Å²) in [5.74, 6) is 0.343. The van der Waals surface area contributed by atoms with Crippen molar-refractivity contribution in [2.75, 3.05) is 12.8 Å². The summed E-state index contributed by atoms with van der Waals surface area (Å²) in [4.78, 5) is 0. The first-order valence-electron chi connectivity index (χ1n) is 5.96. The predicted molar refractivity (Wildman–Crippen MR) is 73.8 cm³/mol. The maximum atomic E-state index is 12.7. The van der Waals surface area contributed by atoms with Gasteiger partial charge in [-0.25, -0.2) is 8.88 Å². The fourth-order valence-corrected chi connectivity index (χ4v) is 6.93. The minimum Gasteiger partial charge on any atom is -0.298 e. The molecule has 6 heteroatoms. The van der Waals surface area contributed by atoms with Crippen LogP contribution in [-0.2, 0) is 19.5 Å². The number of likely N-dealkylation sites (N-methyl/N-ethyl adjacent to an activating group) is 1. The van der Waals surface area contributed by atoms with Gasteiger partial charge in [-0.3, -0.25) is 9.09 Å². The monoisotopic (exact) mass is 287 g/mol. The van der Waals surface area contributed by atoms with Crippen LogP contribution < -0.4 is 0 Å². The third-order valence-corrected chi connectivity index (χ3v) is 9.28. The molecule has 0 aromatic heterocycles. The Morgan fingerprint density at radius 3 is 2.56 bits per heavy atom. The van der Waals surface area contributed by atoms with Gasteiger partial charge in [-0.1, -0.05) is 37.3 Å². The number of hydrogen-bond donors (Lipinski definition) is 0. The molecule has 0 aliphatic carbocycles. The molecule has 0 amide bonds. The van der Waals surface area contributed by atoms with Crippen molar-refractivity contribution in [1.82, 2.24) is 4.67 Å². The van der Waals surface area contributed by atoms with Gasteiger partial charge in [0.25, 0.3) is 0 Å². The molecule has 0 N–H and O–H groups in total. The zero-order valence-electron chi connectivity index (χ0n) is 10.8. The Bertz CT molecular complexity index is 493. The van der Waals surface area contributed by atoms with Gasteiger partial charge in [0.15, 0.2) is 0 Å². The second-order valence-corrected chi connectivity index (χ2v) is 9.94. The minimum absolute atomic E-state index is 0.0475. The third-order valence-electron chi connectivity index (χ3n) is 3.29. The highest BCUT2D eigenvalue weighted by Crippen LogP contribution is 2.64. The van der Waals surface area contributed by atoms with Gasteiger partial charge < -0.3 is 0 Å². The van der Waals surface area contributed by atoms with Crippen molar-refractivity contribution in [3.63, 3.8) is 0 Å². The zero-order chi connectivity index (χ0) is 13.3. The van der Waals surface area contributed by atoms with E-state index >= 15 is 0 Å². The smallest absolute Gasteiger partial charge is 0.298 e. The second-order valence-electron chi connectivity index (χ2n) is 4.33. The molecule has 1 aromatic carbocycles. The zero-order valence-corrected chi connectivity index (χ0v) is 12.5. The van der Waals surface area contributed by atoms with Crippen molar-refractivity contribution in [2.24, 2.45) is 0 Å². The van der Waals surface area contributed by atoms with Gasteiger partial charge in [0.05, 0.1) is 0 Å². The van der Waals surface area contributed by atoms with Crippen molar-refractivity contribution in [1.29, 1.82) is 0 Å². The minimum atomic E-state index is -3.22. The number of hydrogen-bond acceptors (Lipinski definition) is 3. The van der Waals surface area contributed by atoms with Crippen molar-refractivity contribution >= 4 is 17.1 Å². The number of benzene rings is 1. The van der Waals surface area contributed by atoms with E-state index in [-0.39, 0.29) is 12.1 Å². The average Bonchev–Trinajstić information content (AvgIpc) is 2.64. The Kier molecular flexibility index (Phi) is 4.07. The van der Waals surface area contributed by atoms with Gasteiger partial charge in [0, 0.05) is 11.8 Å². The summed E-state index contributed by atoms with van der Waals surface area (Å²) in [6.07, 6.45) is -0.280. The first kappa shape index (κ1) is 13.9. The highest BCUT2D eigenvalue weighted by molar-refractivity contribution is 8.46. The molecule has 18 heavy (non-hydrogen) atoms. The Morgan fingerprint density at radius 2 is 2.00 bits per heavy atom. The molecule has 1 fully saturated rings. The van der Waals surface area contributed by atoms with Crippen LogP contribution in [0.25, 0.3) is 0 Å². The van der Waals surface area contributed by atoms with Gasteiger partial charge >= 0.3 is 6.72 Å². The van der Waals surface area contributed by atoms with Crippen LogP contribution in [0.15, 0.2) is 30.3 Å².